The molecule has 0 unspecified atom stereocenters. The highest BCUT2D eigenvalue weighted by atomic mass is 32.2. The van der Waals surface area contributed by atoms with Gasteiger partial charge < -0.3 is 4.42 Å². The fourth-order valence-corrected chi connectivity index (χ4v) is 1.47. The van der Waals surface area contributed by atoms with E-state index in [-0.39, 0.29) is 0 Å². The molecule has 0 atom stereocenters. The SMILES string of the molecule is C#CCCSCc1ccco1. The summed E-state index contributed by atoms with van der Waals surface area (Å²) in [4.78, 5) is 0. The minimum atomic E-state index is 0.839. The van der Waals surface area contributed by atoms with Crippen molar-refractivity contribution in [3.63, 3.8) is 0 Å². The maximum absolute atomic E-state index is 5.14. The summed E-state index contributed by atoms with van der Waals surface area (Å²) in [7, 11) is 0. The Hall–Kier alpha value is -0.810. The molecule has 0 aromatic carbocycles. The van der Waals surface area contributed by atoms with Crippen LogP contribution in [0.25, 0.3) is 0 Å². The van der Waals surface area contributed by atoms with Crippen molar-refractivity contribution >= 4 is 11.8 Å². The van der Waals surface area contributed by atoms with Crippen LogP contribution in [0.15, 0.2) is 22.8 Å². The molecule has 2 heteroatoms. The number of thioether (sulfide) groups is 1. The molecule has 1 rings (SSSR count). The van der Waals surface area contributed by atoms with Gasteiger partial charge in [0.15, 0.2) is 0 Å². The predicted octanol–water partition coefficient (Wildman–Crippen LogP) is 2.54. The van der Waals surface area contributed by atoms with Gasteiger partial charge in [-0.2, -0.15) is 11.8 Å². The fourth-order valence-electron chi connectivity index (χ4n) is 0.699. The summed E-state index contributed by atoms with van der Waals surface area (Å²) in [5.74, 6) is 5.55. The summed E-state index contributed by atoms with van der Waals surface area (Å²) < 4.78 is 5.14. The minimum Gasteiger partial charge on any atom is -0.468 e. The first-order valence-corrected chi connectivity index (χ1v) is 4.62. The average molecular weight is 166 g/mol. The van der Waals surface area contributed by atoms with Gasteiger partial charge in [-0.05, 0) is 12.1 Å². The second kappa shape index (κ2) is 4.92. The van der Waals surface area contributed by atoms with Crippen LogP contribution in [0.5, 0.6) is 0 Å². The maximum atomic E-state index is 5.14. The van der Waals surface area contributed by atoms with Gasteiger partial charge in [0.2, 0.25) is 0 Å². The molecule has 1 heterocycles. The van der Waals surface area contributed by atoms with Gasteiger partial charge in [0, 0.05) is 12.2 Å². The van der Waals surface area contributed by atoms with Crippen molar-refractivity contribution in [2.75, 3.05) is 5.75 Å². The van der Waals surface area contributed by atoms with E-state index in [2.05, 4.69) is 5.92 Å². The van der Waals surface area contributed by atoms with Crippen molar-refractivity contribution in [1.82, 2.24) is 0 Å². The Bertz CT molecular complexity index is 220. The lowest BCUT2D eigenvalue weighted by molar-refractivity contribution is 0.530. The van der Waals surface area contributed by atoms with E-state index in [1.54, 1.807) is 18.0 Å². The number of hydrogen-bond donors (Lipinski definition) is 0. The fraction of sp³-hybridized carbons (Fsp3) is 0.333. The largest absolute Gasteiger partial charge is 0.468 e. The molecule has 0 aliphatic rings. The second-order valence-electron chi connectivity index (χ2n) is 2.09. The van der Waals surface area contributed by atoms with E-state index in [9.17, 15) is 0 Å². The third-order valence-electron chi connectivity index (χ3n) is 1.22. The first kappa shape index (κ1) is 8.29. The molecule has 0 bridgehead atoms. The van der Waals surface area contributed by atoms with E-state index in [0.29, 0.717) is 0 Å². The Labute approximate surface area is 71.2 Å². The number of terminal acetylenes is 1. The van der Waals surface area contributed by atoms with E-state index in [4.69, 9.17) is 10.8 Å². The molecule has 0 N–H and O–H groups in total. The molecule has 1 aromatic rings. The van der Waals surface area contributed by atoms with Crippen molar-refractivity contribution in [2.24, 2.45) is 0 Å². The van der Waals surface area contributed by atoms with E-state index >= 15 is 0 Å². The summed E-state index contributed by atoms with van der Waals surface area (Å²) in [5, 5.41) is 0. The van der Waals surface area contributed by atoms with Gasteiger partial charge in [-0.15, -0.1) is 12.3 Å². The van der Waals surface area contributed by atoms with Gasteiger partial charge in [-0.3, -0.25) is 0 Å². The topological polar surface area (TPSA) is 13.1 Å². The molecule has 11 heavy (non-hydrogen) atoms. The Balaban J connectivity index is 2.10. The lowest BCUT2D eigenvalue weighted by atomic mass is 10.5. The molecule has 0 saturated heterocycles. The van der Waals surface area contributed by atoms with Crippen molar-refractivity contribution in [1.29, 1.82) is 0 Å². The van der Waals surface area contributed by atoms with Crippen LogP contribution >= 0.6 is 11.8 Å². The van der Waals surface area contributed by atoms with Crippen LogP contribution in [-0.4, -0.2) is 5.75 Å². The first-order valence-electron chi connectivity index (χ1n) is 3.47. The van der Waals surface area contributed by atoms with Gasteiger partial charge in [0.05, 0.1) is 12.0 Å². The molecule has 0 saturated carbocycles. The summed E-state index contributed by atoms with van der Waals surface area (Å²) in [5.41, 5.74) is 0. The lowest BCUT2D eigenvalue weighted by Crippen LogP contribution is -1.78. The number of hydrogen-bond acceptors (Lipinski definition) is 2. The predicted molar refractivity (Wildman–Crippen MR) is 48.3 cm³/mol. The molecule has 0 radical (unpaired) electrons. The van der Waals surface area contributed by atoms with E-state index in [1.165, 1.54) is 0 Å². The van der Waals surface area contributed by atoms with Crippen LogP contribution in [0.4, 0.5) is 0 Å². The standard InChI is InChI=1S/C9H10OS/c1-2-3-7-11-8-9-5-4-6-10-9/h1,4-6H,3,7-8H2. The van der Waals surface area contributed by atoms with Crippen LogP contribution in [-0.2, 0) is 5.75 Å². The third kappa shape index (κ3) is 3.20. The van der Waals surface area contributed by atoms with Gasteiger partial charge in [0.25, 0.3) is 0 Å². The highest BCUT2D eigenvalue weighted by molar-refractivity contribution is 7.98. The molecule has 0 fully saturated rings. The monoisotopic (exact) mass is 166 g/mol. The van der Waals surface area contributed by atoms with Crippen LogP contribution < -0.4 is 0 Å². The zero-order chi connectivity index (χ0) is 7.94. The molecule has 0 amide bonds. The van der Waals surface area contributed by atoms with Crippen LogP contribution in [0.3, 0.4) is 0 Å². The summed E-state index contributed by atoms with van der Waals surface area (Å²) in [6.07, 6.45) is 7.63. The normalized spacial score (nSPS) is 9.36. The van der Waals surface area contributed by atoms with E-state index in [1.807, 2.05) is 12.1 Å². The lowest BCUT2D eigenvalue weighted by Gasteiger charge is -1.93. The highest BCUT2D eigenvalue weighted by Crippen LogP contribution is 2.12. The number of furan rings is 1. The summed E-state index contributed by atoms with van der Waals surface area (Å²) in [6.45, 7) is 0. The molecular formula is C9H10OS. The first-order chi connectivity index (χ1) is 5.43. The third-order valence-corrected chi connectivity index (χ3v) is 2.20. The van der Waals surface area contributed by atoms with Crippen molar-refractivity contribution in [2.45, 2.75) is 12.2 Å². The Kier molecular flexibility index (Phi) is 3.71. The van der Waals surface area contributed by atoms with Crippen molar-refractivity contribution in [3.05, 3.63) is 24.2 Å². The quantitative estimate of drug-likeness (QED) is 0.503. The molecular weight excluding hydrogens is 156 g/mol. The zero-order valence-electron chi connectivity index (χ0n) is 6.25. The van der Waals surface area contributed by atoms with Gasteiger partial charge in [0.1, 0.15) is 5.76 Å². The molecule has 0 aliphatic heterocycles. The molecule has 0 spiro atoms. The van der Waals surface area contributed by atoms with Crippen LogP contribution in [0.1, 0.15) is 12.2 Å². The Morgan fingerprint density at radius 3 is 3.18 bits per heavy atom. The smallest absolute Gasteiger partial charge is 0.113 e. The molecule has 58 valence electrons. The maximum Gasteiger partial charge on any atom is 0.113 e. The van der Waals surface area contributed by atoms with Crippen molar-refractivity contribution < 1.29 is 4.42 Å². The van der Waals surface area contributed by atoms with Gasteiger partial charge in [-0.25, -0.2) is 0 Å². The minimum absolute atomic E-state index is 0.839. The van der Waals surface area contributed by atoms with Gasteiger partial charge in [-0.1, -0.05) is 0 Å². The van der Waals surface area contributed by atoms with Crippen LogP contribution in [0.2, 0.25) is 0 Å². The Morgan fingerprint density at radius 1 is 1.64 bits per heavy atom. The Morgan fingerprint density at radius 2 is 2.55 bits per heavy atom. The highest BCUT2D eigenvalue weighted by Gasteiger charge is 1.93. The zero-order valence-corrected chi connectivity index (χ0v) is 7.06. The van der Waals surface area contributed by atoms with Crippen molar-refractivity contribution in [3.8, 4) is 12.3 Å². The van der Waals surface area contributed by atoms with E-state index in [0.717, 1.165) is 23.7 Å². The van der Waals surface area contributed by atoms with Crippen LogP contribution in [0, 0.1) is 12.3 Å². The summed E-state index contributed by atoms with van der Waals surface area (Å²) >= 11 is 1.80. The second-order valence-corrected chi connectivity index (χ2v) is 3.19. The molecule has 1 aromatic heterocycles. The summed E-state index contributed by atoms with van der Waals surface area (Å²) in [6, 6.07) is 3.87. The molecule has 0 aliphatic carbocycles. The van der Waals surface area contributed by atoms with Gasteiger partial charge >= 0.3 is 0 Å². The number of rotatable bonds is 4. The average Bonchev–Trinajstić information content (AvgIpc) is 2.50. The van der Waals surface area contributed by atoms with E-state index < -0.39 is 0 Å². The molecule has 1 nitrogen and oxygen atoms in total.